The van der Waals surface area contributed by atoms with Gasteiger partial charge in [-0.15, -0.1) is 0 Å². The second-order valence-corrected chi connectivity index (χ2v) is 5.22. The first-order chi connectivity index (χ1) is 9.47. The molecule has 20 heavy (non-hydrogen) atoms. The minimum Gasteiger partial charge on any atom is -0.481 e. The van der Waals surface area contributed by atoms with Gasteiger partial charge in [0.05, 0.1) is 5.92 Å². The fraction of sp³-hybridized carbons (Fsp3) is 0.500. The number of carboxylic acids is 1. The van der Waals surface area contributed by atoms with Crippen molar-refractivity contribution in [3.8, 4) is 0 Å². The molecule has 3 N–H and O–H groups in total. The molecule has 0 radical (unpaired) electrons. The van der Waals surface area contributed by atoms with Crippen LogP contribution in [0.1, 0.15) is 53.5 Å². The number of H-pyrrole nitrogens is 1. The van der Waals surface area contributed by atoms with Crippen molar-refractivity contribution in [2.24, 2.45) is 5.92 Å². The number of aliphatic carboxylic acids is 1. The highest BCUT2D eigenvalue weighted by molar-refractivity contribution is 5.99. The topological polar surface area (TPSA) is 99.3 Å². The molecule has 1 saturated carbocycles. The van der Waals surface area contributed by atoms with Crippen molar-refractivity contribution in [3.05, 3.63) is 23.5 Å². The Bertz CT molecular complexity index is 527. The Hall–Kier alpha value is -2.11. The maximum atomic E-state index is 12.0. The van der Waals surface area contributed by atoms with Crippen molar-refractivity contribution < 1.29 is 19.5 Å². The van der Waals surface area contributed by atoms with E-state index in [1.165, 1.54) is 19.2 Å². The Morgan fingerprint density at radius 3 is 2.40 bits per heavy atom. The van der Waals surface area contributed by atoms with Crippen molar-refractivity contribution in [1.82, 2.24) is 10.3 Å². The van der Waals surface area contributed by atoms with Crippen molar-refractivity contribution >= 4 is 17.7 Å². The van der Waals surface area contributed by atoms with Gasteiger partial charge < -0.3 is 15.4 Å². The Kier molecular flexibility index (Phi) is 4.22. The standard InChI is InChI=1S/C14H18N2O4/c1-8(17)10-6-12(15-7-10)13(18)16-11-4-2-9(3-5-11)14(19)20/h6-7,9,11,15H,2-5H2,1H3,(H,16,18)(H,19,20). The van der Waals surface area contributed by atoms with Crippen molar-refractivity contribution in [2.45, 2.75) is 38.6 Å². The molecule has 0 saturated heterocycles. The van der Waals surface area contributed by atoms with Crippen LogP contribution in [0.4, 0.5) is 0 Å². The SMILES string of the molecule is CC(=O)c1c[nH]c(C(=O)NC2CCC(C(=O)O)CC2)c1. The Morgan fingerprint density at radius 1 is 1.25 bits per heavy atom. The summed E-state index contributed by atoms with van der Waals surface area (Å²) in [6.45, 7) is 1.44. The van der Waals surface area contributed by atoms with Crippen LogP contribution in [0.3, 0.4) is 0 Å². The molecule has 6 nitrogen and oxygen atoms in total. The quantitative estimate of drug-likeness (QED) is 0.728. The number of aromatic nitrogens is 1. The van der Waals surface area contributed by atoms with Crippen LogP contribution in [0.15, 0.2) is 12.3 Å². The van der Waals surface area contributed by atoms with Crippen molar-refractivity contribution in [3.63, 3.8) is 0 Å². The molecule has 108 valence electrons. The van der Waals surface area contributed by atoms with Gasteiger partial charge in [0.15, 0.2) is 5.78 Å². The van der Waals surface area contributed by atoms with Crippen molar-refractivity contribution in [1.29, 1.82) is 0 Å². The lowest BCUT2D eigenvalue weighted by atomic mass is 9.86. The van der Waals surface area contributed by atoms with E-state index in [2.05, 4.69) is 10.3 Å². The molecule has 0 spiro atoms. The molecular formula is C14H18N2O4. The average Bonchev–Trinajstić information content (AvgIpc) is 2.89. The summed E-state index contributed by atoms with van der Waals surface area (Å²) in [5.74, 6) is -1.40. The molecular weight excluding hydrogens is 260 g/mol. The molecule has 6 heteroatoms. The van der Waals surface area contributed by atoms with E-state index >= 15 is 0 Å². The molecule has 0 atom stereocenters. The summed E-state index contributed by atoms with van der Waals surface area (Å²) >= 11 is 0. The summed E-state index contributed by atoms with van der Waals surface area (Å²) in [7, 11) is 0. The van der Waals surface area contributed by atoms with Gasteiger partial charge in [-0.1, -0.05) is 0 Å². The molecule has 0 aromatic carbocycles. The molecule has 1 aliphatic rings. The Balaban J connectivity index is 1.89. The van der Waals surface area contributed by atoms with Gasteiger partial charge in [0.1, 0.15) is 5.69 Å². The number of carbonyl (C=O) groups excluding carboxylic acids is 2. The Labute approximate surface area is 116 Å². The number of amides is 1. The van der Waals surface area contributed by atoms with Crippen LogP contribution in [-0.4, -0.2) is 33.8 Å². The zero-order valence-electron chi connectivity index (χ0n) is 11.3. The highest BCUT2D eigenvalue weighted by Gasteiger charge is 2.27. The minimum atomic E-state index is -0.759. The zero-order chi connectivity index (χ0) is 14.7. The number of carboxylic acid groups (broad SMARTS) is 1. The van der Waals surface area contributed by atoms with Crippen LogP contribution in [0, 0.1) is 5.92 Å². The monoisotopic (exact) mass is 278 g/mol. The van der Waals surface area contributed by atoms with E-state index in [9.17, 15) is 14.4 Å². The van der Waals surface area contributed by atoms with E-state index in [1.807, 2.05) is 0 Å². The van der Waals surface area contributed by atoms with Crippen LogP contribution in [0.2, 0.25) is 0 Å². The molecule has 1 fully saturated rings. The number of nitrogens with one attached hydrogen (secondary N) is 2. The Morgan fingerprint density at radius 2 is 1.90 bits per heavy atom. The summed E-state index contributed by atoms with van der Waals surface area (Å²) in [5, 5.41) is 11.8. The van der Waals surface area contributed by atoms with Crippen molar-refractivity contribution in [2.75, 3.05) is 0 Å². The van der Waals surface area contributed by atoms with Crippen LogP contribution < -0.4 is 5.32 Å². The molecule has 1 heterocycles. The summed E-state index contributed by atoms with van der Waals surface area (Å²) < 4.78 is 0. The molecule has 1 amide bonds. The number of aromatic amines is 1. The van der Waals surface area contributed by atoms with E-state index in [4.69, 9.17) is 5.11 Å². The van der Waals surface area contributed by atoms with Gasteiger partial charge in [-0.3, -0.25) is 14.4 Å². The molecule has 1 aromatic rings. The predicted octanol–water partition coefficient (Wildman–Crippen LogP) is 1.59. The largest absolute Gasteiger partial charge is 0.481 e. The first-order valence-electron chi connectivity index (χ1n) is 6.70. The summed E-state index contributed by atoms with van der Waals surface area (Å²) in [6, 6.07) is 1.53. The van der Waals surface area contributed by atoms with Crippen LogP contribution in [0.5, 0.6) is 0 Å². The van der Waals surface area contributed by atoms with Gasteiger partial charge in [-0.2, -0.15) is 0 Å². The summed E-state index contributed by atoms with van der Waals surface area (Å²) in [5.41, 5.74) is 0.834. The first kappa shape index (κ1) is 14.3. The van der Waals surface area contributed by atoms with E-state index in [0.717, 1.165) is 0 Å². The highest BCUT2D eigenvalue weighted by Crippen LogP contribution is 2.24. The fourth-order valence-corrected chi connectivity index (χ4v) is 2.48. The number of hydrogen-bond donors (Lipinski definition) is 3. The molecule has 0 bridgehead atoms. The molecule has 0 unspecified atom stereocenters. The minimum absolute atomic E-state index is 0.00202. The first-order valence-corrected chi connectivity index (χ1v) is 6.70. The van der Waals surface area contributed by atoms with Crippen LogP contribution in [-0.2, 0) is 4.79 Å². The number of carbonyl (C=O) groups is 3. The van der Waals surface area contributed by atoms with Gasteiger partial charge in [0, 0.05) is 17.8 Å². The van der Waals surface area contributed by atoms with Crippen LogP contribution >= 0.6 is 0 Å². The molecule has 1 aromatic heterocycles. The molecule has 0 aliphatic heterocycles. The number of ketones is 1. The van der Waals surface area contributed by atoms with Gasteiger partial charge in [0.25, 0.3) is 5.91 Å². The zero-order valence-corrected chi connectivity index (χ0v) is 11.3. The summed E-state index contributed by atoms with van der Waals surface area (Å²) in [4.78, 5) is 36.8. The number of Topliss-reactive ketones (excluding diaryl/α,β-unsaturated/α-hetero) is 1. The maximum absolute atomic E-state index is 12.0. The van der Waals surface area contributed by atoms with E-state index < -0.39 is 5.97 Å². The third kappa shape index (κ3) is 3.26. The van der Waals surface area contributed by atoms with Gasteiger partial charge >= 0.3 is 5.97 Å². The smallest absolute Gasteiger partial charge is 0.306 e. The van der Waals surface area contributed by atoms with Gasteiger partial charge in [-0.25, -0.2) is 0 Å². The lowest BCUT2D eigenvalue weighted by Gasteiger charge is -2.26. The third-order valence-electron chi connectivity index (χ3n) is 3.75. The summed E-state index contributed by atoms with van der Waals surface area (Å²) in [6.07, 6.45) is 4.03. The van der Waals surface area contributed by atoms with Gasteiger partial charge in [-0.05, 0) is 38.7 Å². The lowest BCUT2D eigenvalue weighted by molar-refractivity contribution is -0.142. The lowest BCUT2D eigenvalue weighted by Crippen LogP contribution is -2.38. The second kappa shape index (κ2) is 5.90. The highest BCUT2D eigenvalue weighted by atomic mass is 16.4. The van der Waals surface area contributed by atoms with Gasteiger partial charge in [0.2, 0.25) is 0 Å². The maximum Gasteiger partial charge on any atom is 0.306 e. The number of hydrogen-bond acceptors (Lipinski definition) is 3. The number of rotatable bonds is 4. The van der Waals surface area contributed by atoms with E-state index in [-0.39, 0.29) is 23.7 Å². The fourth-order valence-electron chi connectivity index (χ4n) is 2.48. The van der Waals surface area contributed by atoms with E-state index in [1.54, 1.807) is 0 Å². The average molecular weight is 278 g/mol. The van der Waals surface area contributed by atoms with E-state index in [0.29, 0.717) is 36.9 Å². The molecule has 2 rings (SSSR count). The second-order valence-electron chi connectivity index (χ2n) is 5.22. The van der Waals surface area contributed by atoms with Crippen LogP contribution in [0.25, 0.3) is 0 Å². The normalized spacial score (nSPS) is 22.2. The predicted molar refractivity (Wildman–Crippen MR) is 71.6 cm³/mol. The molecule has 1 aliphatic carbocycles. The third-order valence-corrected chi connectivity index (χ3v) is 3.75.